The molecule has 1 rings (SSSR count). The number of carbonyl (C=O) groups excluding carboxylic acids is 1. The Labute approximate surface area is 101 Å². The summed E-state index contributed by atoms with van der Waals surface area (Å²) in [6, 6.07) is 3.37. The molecule has 0 aliphatic carbocycles. The van der Waals surface area contributed by atoms with Gasteiger partial charge in [0.05, 0.1) is 0 Å². The molecule has 0 fully saturated rings. The molecule has 0 aliphatic heterocycles. The van der Waals surface area contributed by atoms with Gasteiger partial charge in [-0.2, -0.15) is 0 Å². The van der Waals surface area contributed by atoms with E-state index in [1.54, 1.807) is 19.2 Å². The predicted octanol–water partition coefficient (Wildman–Crippen LogP) is 0.797. The molecule has 0 atom stereocenters. The summed E-state index contributed by atoms with van der Waals surface area (Å²) < 4.78 is 10.1. The molecule has 0 aromatic carbocycles. The van der Waals surface area contributed by atoms with Crippen LogP contribution in [0.3, 0.4) is 0 Å². The van der Waals surface area contributed by atoms with Crippen molar-refractivity contribution in [3.8, 4) is 0 Å². The summed E-state index contributed by atoms with van der Waals surface area (Å²) in [5.74, 6) is 0.766. The first kappa shape index (κ1) is 15.0. The Morgan fingerprint density at radius 1 is 1.44 bits per heavy atom. The van der Waals surface area contributed by atoms with Crippen molar-refractivity contribution in [3.05, 3.63) is 23.7 Å². The maximum atomic E-state index is 11.5. The average Bonchev–Trinajstić information content (AvgIpc) is 2.67. The molecule has 1 heterocycles. The first-order chi connectivity index (χ1) is 7.27. The lowest BCUT2D eigenvalue weighted by atomic mass is 10.4. The lowest BCUT2D eigenvalue weighted by Crippen LogP contribution is -2.30. The topological polar surface area (TPSA) is 63.5 Å². The third-order valence-corrected chi connectivity index (χ3v) is 1.83. The Hall–Kier alpha value is -1.04. The van der Waals surface area contributed by atoms with Crippen LogP contribution in [0, 0.1) is 0 Å². The van der Waals surface area contributed by atoms with E-state index in [2.05, 4.69) is 10.6 Å². The van der Waals surface area contributed by atoms with Gasteiger partial charge in [0.15, 0.2) is 5.76 Å². The van der Waals surface area contributed by atoms with Crippen LogP contribution >= 0.6 is 12.4 Å². The van der Waals surface area contributed by atoms with Gasteiger partial charge in [-0.3, -0.25) is 4.79 Å². The van der Waals surface area contributed by atoms with Gasteiger partial charge in [-0.25, -0.2) is 0 Å². The first-order valence-corrected chi connectivity index (χ1v) is 4.78. The van der Waals surface area contributed by atoms with Gasteiger partial charge in [0.25, 0.3) is 5.91 Å². The van der Waals surface area contributed by atoms with E-state index in [-0.39, 0.29) is 18.3 Å². The van der Waals surface area contributed by atoms with E-state index in [9.17, 15) is 4.79 Å². The third-order valence-electron chi connectivity index (χ3n) is 1.83. The van der Waals surface area contributed by atoms with Crippen molar-refractivity contribution < 1.29 is 13.9 Å². The van der Waals surface area contributed by atoms with Gasteiger partial charge in [-0.05, 0) is 19.2 Å². The number of rotatable bonds is 6. The molecule has 1 aromatic heterocycles. The number of amides is 1. The number of likely N-dealkylation sites (N-methyl/N-ethyl adjacent to an activating group) is 1. The van der Waals surface area contributed by atoms with Crippen molar-refractivity contribution in [3.63, 3.8) is 0 Å². The molecule has 0 saturated heterocycles. The van der Waals surface area contributed by atoms with Crippen LogP contribution in [0.1, 0.15) is 16.3 Å². The van der Waals surface area contributed by atoms with E-state index < -0.39 is 0 Å². The minimum absolute atomic E-state index is 0. The van der Waals surface area contributed by atoms with Crippen LogP contribution < -0.4 is 10.6 Å². The number of furan rings is 1. The Balaban J connectivity index is 0.00000225. The van der Waals surface area contributed by atoms with Gasteiger partial charge in [0, 0.05) is 20.2 Å². The summed E-state index contributed by atoms with van der Waals surface area (Å²) in [6.07, 6.45) is 0. The number of hydrogen-bond donors (Lipinski definition) is 2. The Kier molecular flexibility index (Phi) is 7.62. The van der Waals surface area contributed by atoms with Crippen molar-refractivity contribution in [1.82, 2.24) is 10.6 Å². The predicted molar refractivity (Wildman–Crippen MR) is 62.9 cm³/mol. The molecule has 0 aliphatic rings. The van der Waals surface area contributed by atoms with Crippen LogP contribution in [-0.2, 0) is 11.3 Å². The van der Waals surface area contributed by atoms with E-state index in [0.29, 0.717) is 24.7 Å². The molecule has 6 heteroatoms. The van der Waals surface area contributed by atoms with E-state index >= 15 is 0 Å². The molecule has 16 heavy (non-hydrogen) atoms. The second kappa shape index (κ2) is 8.15. The Morgan fingerprint density at radius 2 is 2.19 bits per heavy atom. The Morgan fingerprint density at radius 3 is 2.81 bits per heavy atom. The quantitative estimate of drug-likeness (QED) is 0.731. The van der Waals surface area contributed by atoms with E-state index in [0.717, 1.165) is 6.54 Å². The number of carbonyl (C=O) groups is 1. The lowest BCUT2D eigenvalue weighted by molar-refractivity contribution is 0.0917. The van der Waals surface area contributed by atoms with Gasteiger partial charge >= 0.3 is 0 Å². The fraction of sp³-hybridized carbons (Fsp3) is 0.500. The summed E-state index contributed by atoms with van der Waals surface area (Å²) in [6.45, 7) is 1.69. The zero-order valence-electron chi connectivity index (χ0n) is 9.41. The largest absolute Gasteiger partial charge is 0.453 e. The molecule has 92 valence electrons. The highest BCUT2D eigenvalue weighted by Gasteiger charge is 2.09. The maximum Gasteiger partial charge on any atom is 0.287 e. The van der Waals surface area contributed by atoms with Gasteiger partial charge in [-0.15, -0.1) is 12.4 Å². The monoisotopic (exact) mass is 248 g/mol. The van der Waals surface area contributed by atoms with Gasteiger partial charge in [-0.1, -0.05) is 0 Å². The SMILES string of the molecule is CNCCNC(=O)c1ccc(COC)o1.Cl. The molecule has 0 spiro atoms. The van der Waals surface area contributed by atoms with E-state index in [4.69, 9.17) is 9.15 Å². The van der Waals surface area contributed by atoms with Crippen molar-refractivity contribution in [2.24, 2.45) is 0 Å². The fourth-order valence-electron chi connectivity index (χ4n) is 1.11. The summed E-state index contributed by atoms with van der Waals surface area (Å²) in [7, 11) is 3.41. The smallest absolute Gasteiger partial charge is 0.287 e. The highest BCUT2D eigenvalue weighted by Crippen LogP contribution is 2.08. The van der Waals surface area contributed by atoms with Crippen molar-refractivity contribution in [1.29, 1.82) is 0 Å². The lowest BCUT2D eigenvalue weighted by Gasteiger charge is -2.01. The molecule has 0 bridgehead atoms. The number of halogens is 1. The Bertz CT molecular complexity index is 315. The maximum absolute atomic E-state index is 11.5. The number of methoxy groups -OCH3 is 1. The molecule has 2 N–H and O–H groups in total. The van der Waals surface area contributed by atoms with Crippen molar-refractivity contribution in [2.75, 3.05) is 27.2 Å². The summed E-state index contributed by atoms with van der Waals surface area (Å²) >= 11 is 0. The zero-order valence-corrected chi connectivity index (χ0v) is 10.2. The number of ether oxygens (including phenoxy) is 1. The summed E-state index contributed by atoms with van der Waals surface area (Å²) in [5, 5.41) is 5.65. The minimum atomic E-state index is -0.201. The number of nitrogens with one attached hydrogen (secondary N) is 2. The minimum Gasteiger partial charge on any atom is -0.453 e. The molecule has 0 radical (unpaired) electrons. The molecular weight excluding hydrogens is 232 g/mol. The molecule has 1 aromatic rings. The van der Waals surface area contributed by atoms with Crippen LogP contribution in [0.4, 0.5) is 0 Å². The molecule has 5 nitrogen and oxygen atoms in total. The van der Waals surface area contributed by atoms with Crippen LogP contribution in [0.15, 0.2) is 16.5 Å². The molecule has 0 unspecified atom stereocenters. The van der Waals surface area contributed by atoms with Crippen molar-refractivity contribution in [2.45, 2.75) is 6.61 Å². The second-order valence-electron chi connectivity index (χ2n) is 3.06. The van der Waals surface area contributed by atoms with Gasteiger partial charge in [0.1, 0.15) is 12.4 Å². The third kappa shape index (κ3) is 4.65. The van der Waals surface area contributed by atoms with Crippen molar-refractivity contribution >= 4 is 18.3 Å². The molecule has 1 amide bonds. The molecule has 0 saturated carbocycles. The highest BCUT2D eigenvalue weighted by atomic mass is 35.5. The summed E-state index contributed by atoms with van der Waals surface area (Å²) in [4.78, 5) is 11.5. The van der Waals surface area contributed by atoms with Gasteiger partial charge in [0.2, 0.25) is 0 Å². The standard InChI is InChI=1S/C10H16N2O3.ClH/c1-11-5-6-12-10(13)9-4-3-8(15-9)7-14-2;/h3-4,11H,5-7H2,1-2H3,(H,12,13);1H. The van der Waals surface area contributed by atoms with E-state index in [1.807, 2.05) is 7.05 Å². The second-order valence-corrected chi connectivity index (χ2v) is 3.06. The van der Waals surface area contributed by atoms with Crippen LogP contribution in [-0.4, -0.2) is 33.2 Å². The zero-order chi connectivity index (χ0) is 11.1. The number of hydrogen-bond acceptors (Lipinski definition) is 4. The molecular formula is C10H17ClN2O3. The van der Waals surface area contributed by atoms with E-state index in [1.165, 1.54) is 0 Å². The van der Waals surface area contributed by atoms with Crippen LogP contribution in [0.2, 0.25) is 0 Å². The average molecular weight is 249 g/mol. The first-order valence-electron chi connectivity index (χ1n) is 4.78. The summed E-state index contributed by atoms with van der Waals surface area (Å²) in [5.41, 5.74) is 0. The van der Waals surface area contributed by atoms with Crippen LogP contribution in [0.25, 0.3) is 0 Å². The van der Waals surface area contributed by atoms with Crippen LogP contribution in [0.5, 0.6) is 0 Å². The normalized spacial score (nSPS) is 9.62. The van der Waals surface area contributed by atoms with Gasteiger partial charge < -0.3 is 19.8 Å². The highest BCUT2D eigenvalue weighted by molar-refractivity contribution is 5.91. The fourth-order valence-corrected chi connectivity index (χ4v) is 1.11.